The fourth-order valence-electron chi connectivity index (χ4n) is 1.31. The Hall–Kier alpha value is -1.00. The highest BCUT2D eigenvalue weighted by Gasteiger charge is 2.25. The zero-order valence-electron chi connectivity index (χ0n) is 8.72. The van der Waals surface area contributed by atoms with E-state index in [4.69, 9.17) is 0 Å². The molecule has 0 atom stereocenters. The van der Waals surface area contributed by atoms with Crippen molar-refractivity contribution in [2.75, 3.05) is 0 Å². The minimum atomic E-state index is -4.03. The van der Waals surface area contributed by atoms with Crippen LogP contribution in [0.3, 0.4) is 0 Å². The third-order valence-corrected chi connectivity index (χ3v) is 2.19. The van der Waals surface area contributed by atoms with Gasteiger partial charge in [0.2, 0.25) is 0 Å². The molecule has 5 heteroatoms. The molecule has 0 saturated carbocycles. The molecule has 0 unspecified atom stereocenters. The molecule has 1 rings (SSSR count). The topological polar surface area (TPSA) is 17.8 Å². The van der Waals surface area contributed by atoms with Gasteiger partial charge in [0.1, 0.15) is 0 Å². The largest absolute Gasteiger partial charge is 0.389 e. The SMILES string of the molecule is CCc1cnn(CCCCC(F)(F)F)c1. The van der Waals surface area contributed by atoms with E-state index in [0.717, 1.165) is 12.0 Å². The van der Waals surface area contributed by atoms with Gasteiger partial charge in [-0.3, -0.25) is 4.68 Å². The molecule has 0 aromatic carbocycles. The Morgan fingerprint density at radius 2 is 2.07 bits per heavy atom. The minimum absolute atomic E-state index is 0.171. The van der Waals surface area contributed by atoms with E-state index in [1.165, 1.54) is 0 Å². The van der Waals surface area contributed by atoms with Crippen molar-refractivity contribution < 1.29 is 13.2 Å². The highest BCUT2D eigenvalue weighted by Crippen LogP contribution is 2.22. The van der Waals surface area contributed by atoms with Crippen molar-refractivity contribution >= 4 is 0 Å². The zero-order chi connectivity index (χ0) is 11.3. The number of aryl methyl sites for hydroxylation is 2. The quantitative estimate of drug-likeness (QED) is 0.697. The van der Waals surface area contributed by atoms with Crippen LogP contribution in [0.4, 0.5) is 13.2 Å². The summed E-state index contributed by atoms with van der Waals surface area (Å²) >= 11 is 0. The first kappa shape index (κ1) is 12.1. The Labute approximate surface area is 87.1 Å². The Balaban J connectivity index is 2.20. The van der Waals surface area contributed by atoms with Gasteiger partial charge in [-0.15, -0.1) is 0 Å². The summed E-state index contributed by atoms with van der Waals surface area (Å²) in [5.74, 6) is 0. The van der Waals surface area contributed by atoms with E-state index in [1.807, 2.05) is 13.1 Å². The smallest absolute Gasteiger partial charge is 0.272 e. The number of unbranched alkanes of at least 4 members (excludes halogenated alkanes) is 1. The predicted octanol–water partition coefficient (Wildman–Crippen LogP) is 3.18. The molecule has 0 fully saturated rings. The van der Waals surface area contributed by atoms with Gasteiger partial charge in [0, 0.05) is 19.2 Å². The first-order valence-electron chi connectivity index (χ1n) is 5.09. The van der Waals surface area contributed by atoms with Crippen molar-refractivity contribution in [3.05, 3.63) is 18.0 Å². The number of aromatic nitrogens is 2. The van der Waals surface area contributed by atoms with Gasteiger partial charge in [0.25, 0.3) is 0 Å². The molecule has 86 valence electrons. The molecule has 0 aliphatic heterocycles. The highest BCUT2D eigenvalue weighted by atomic mass is 19.4. The molecule has 0 aliphatic rings. The van der Waals surface area contributed by atoms with Crippen molar-refractivity contribution in [2.45, 2.75) is 45.3 Å². The second-order valence-electron chi connectivity index (χ2n) is 3.54. The lowest BCUT2D eigenvalue weighted by Crippen LogP contribution is -2.07. The van der Waals surface area contributed by atoms with Gasteiger partial charge in [-0.25, -0.2) is 0 Å². The van der Waals surface area contributed by atoms with E-state index in [2.05, 4.69) is 5.10 Å². The van der Waals surface area contributed by atoms with E-state index < -0.39 is 12.6 Å². The molecule has 0 radical (unpaired) electrons. The molecule has 0 saturated heterocycles. The summed E-state index contributed by atoms with van der Waals surface area (Å²) in [5.41, 5.74) is 1.12. The molecular formula is C10H15F3N2. The van der Waals surface area contributed by atoms with E-state index in [1.54, 1.807) is 10.9 Å². The van der Waals surface area contributed by atoms with E-state index >= 15 is 0 Å². The molecular weight excluding hydrogens is 205 g/mol. The molecule has 0 amide bonds. The number of nitrogens with zero attached hydrogens (tertiary/aromatic N) is 2. The average Bonchev–Trinajstić information content (AvgIpc) is 2.59. The van der Waals surface area contributed by atoms with E-state index in [9.17, 15) is 13.2 Å². The normalized spacial score (nSPS) is 12.0. The Kier molecular flexibility index (Phi) is 4.17. The maximum absolute atomic E-state index is 11.8. The number of hydrogen-bond donors (Lipinski definition) is 0. The third-order valence-electron chi connectivity index (χ3n) is 2.19. The summed E-state index contributed by atoms with van der Waals surface area (Å²) in [6.07, 6.45) is 0.503. The minimum Gasteiger partial charge on any atom is -0.272 e. The maximum Gasteiger partial charge on any atom is 0.389 e. The first-order chi connectivity index (χ1) is 7.01. The summed E-state index contributed by atoms with van der Waals surface area (Å²) in [7, 11) is 0. The van der Waals surface area contributed by atoms with Crippen molar-refractivity contribution in [1.82, 2.24) is 9.78 Å². The summed E-state index contributed by atoms with van der Waals surface area (Å²) in [5, 5.41) is 4.06. The van der Waals surface area contributed by atoms with Crippen LogP contribution in [0.2, 0.25) is 0 Å². The van der Waals surface area contributed by atoms with E-state index in [-0.39, 0.29) is 6.42 Å². The van der Waals surface area contributed by atoms with Gasteiger partial charge in [0.05, 0.1) is 6.20 Å². The van der Waals surface area contributed by atoms with Gasteiger partial charge in [-0.05, 0) is 24.8 Å². The second kappa shape index (κ2) is 5.19. The van der Waals surface area contributed by atoms with Crippen LogP contribution >= 0.6 is 0 Å². The van der Waals surface area contributed by atoms with Gasteiger partial charge in [-0.1, -0.05) is 6.92 Å². The maximum atomic E-state index is 11.8. The van der Waals surface area contributed by atoms with E-state index in [0.29, 0.717) is 13.0 Å². The van der Waals surface area contributed by atoms with Crippen molar-refractivity contribution in [2.24, 2.45) is 0 Å². The van der Waals surface area contributed by atoms with Gasteiger partial charge >= 0.3 is 6.18 Å². The molecule has 0 aliphatic carbocycles. The van der Waals surface area contributed by atoms with Crippen molar-refractivity contribution in [3.63, 3.8) is 0 Å². The van der Waals surface area contributed by atoms with Crippen LogP contribution in [0.15, 0.2) is 12.4 Å². The van der Waals surface area contributed by atoms with Gasteiger partial charge in [-0.2, -0.15) is 18.3 Å². The van der Waals surface area contributed by atoms with Gasteiger partial charge in [0.15, 0.2) is 0 Å². The molecule has 0 bridgehead atoms. The summed E-state index contributed by atoms with van der Waals surface area (Å²) in [6.45, 7) is 2.58. The number of halogens is 3. The fraction of sp³-hybridized carbons (Fsp3) is 0.700. The Morgan fingerprint density at radius 3 is 2.60 bits per heavy atom. The highest BCUT2D eigenvalue weighted by molar-refractivity contribution is 5.02. The summed E-state index contributed by atoms with van der Waals surface area (Å²) in [6, 6.07) is 0. The number of alkyl halides is 3. The molecule has 15 heavy (non-hydrogen) atoms. The molecule has 2 nitrogen and oxygen atoms in total. The average molecular weight is 220 g/mol. The summed E-state index contributed by atoms with van der Waals surface area (Å²) in [4.78, 5) is 0. The molecule has 1 aromatic heterocycles. The van der Waals surface area contributed by atoms with Gasteiger partial charge < -0.3 is 0 Å². The lowest BCUT2D eigenvalue weighted by Gasteiger charge is -2.05. The molecule has 0 spiro atoms. The predicted molar refractivity (Wildman–Crippen MR) is 51.5 cm³/mol. The summed E-state index contributed by atoms with van der Waals surface area (Å²) < 4.78 is 37.2. The Bertz CT molecular complexity index is 291. The lowest BCUT2D eigenvalue weighted by molar-refractivity contribution is -0.135. The van der Waals surface area contributed by atoms with Crippen LogP contribution in [-0.4, -0.2) is 16.0 Å². The standard InChI is InChI=1S/C10H15F3N2/c1-2-9-7-14-15(8-9)6-4-3-5-10(11,12)13/h7-8H,2-6H2,1H3. The van der Waals surface area contributed by atoms with Crippen LogP contribution in [0, 0.1) is 0 Å². The van der Waals surface area contributed by atoms with Crippen LogP contribution in [-0.2, 0) is 13.0 Å². The van der Waals surface area contributed by atoms with Crippen LogP contribution < -0.4 is 0 Å². The molecule has 1 aromatic rings. The second-order valence-corrected chi connectivity index (χ2v) is 3.54. The number of rotatable bonds is 5. The van der Waals surface area contributed by atoms with Crippen molar-refractivity contribution in [3.8, 4) is 0 Å². The Morgan fingerprint density at radius 1 is 1.33 bits per heavy atom. The fourth-order valence-corrected chi connectivity index (χ4v) is 1.31. The number of hydrogen-bond acceptors (Lipinski definition) is 1. The lowest BCUT2D eigenvalue weighted by atomic mass is 10.2. The molecule has 0 N–H and O–H groups in total. The first-order valence-corrected chi connectivity index (χ1v) is 5.09. The van der Waals surface area contributed by atoms with Crippen LogP contribution in [0.5, 0.6) is 0 Å². The van der Waals surface area contributed by atoms with Crippen LogP contribution in [0.1, 0.15) is 31.7 Å². The van der Waals surface area contributed by atoms with Crippen LogP contribution in [0.25, 0.3) is 0 Å². The third kappa shape index (κ3) is 4.85. The molecule has 1 heterocycles. The monoisotopic (exact) mass is 220 g/mol. The zero-order valence-corrected chi connectivity index (χ0v) is 8.72. The van der Waals surface area contributed by atoms with Crippen molar-refractivity contribution in [1.29, 1.82) is 0 Å².